The summed E-state index contributed by atoms with van der Waals surface area (Å²) in [5, 5.41) is 2.66. The van der Waals surface area contributed by atoms with E-state index in [1.807, 2.05) is 6.92 Å². The minimum atomic E-state index is -4.68. The van der Waals surface area contributed by atoms with E-state index >= 15 is 0 Å². The highest BCUT2D eigenvalue weighted by molar-refractivity contribution is 7.82. The van der Waals surface area contributed by atoms with Crippen LogP contribution in [0.5, 0.6) is 0 Å². The summed E-state index contributed by atoms with van der Waals surface area (Å²) in [4.78, 5) is 20.0. The minimum Gasteiger partial charge on any atom is -0.351 e. The Kier molecular flexibility index (Phi) is 7.46. The Hall–Kier alpha value is -3.25. The quantitative estimate of drug-likeness (QED) is 0.477. The Morgan fingerprint density at radius 3 is 2.36 bits per heavy atom. The van der Waals surface area contributed by atoms with Crippen LogP contribution in [-0.2, 0) is 28.5 Å². The van der Waals surface area contributed by atoms with Crippen molar-refractivity contribution in [3.8, 4) is 11.1 Å². The van der Waals surface area contributed by atoms with Gasteiger partial charge in [0, 0.05) is 36.1 Å². The lowest BCUT2D eigenvalue weighted by atomic mass is 10.0. The average Bonchev–Trinajstić information content (AvgIpc) is 3.24. The molecule has 1 amide bonds. The van der Waals surface area contributed by atoms with Crippen LogP contribution in [-0.4, -0.2) is 36.5 Å². The first-order valence-corrected chi connectivity index (χ1v) is 12.1. The molecule has 0 bridgehead atoms. The van der Waals surface area contributed by atoms with Gasteiger partial charge in [-0.1, -0.05) is 6.07 Å². The van der Waals surface area contributed by atoms with E-state index in [4.69, 9.17) is 0 Å². The molecule has 0 spiro atoms. The Bertz CT molecular complexity index is 1270. The van der Waals surface area contributed by atoms with Crippen molar-refractivity contribution in [2.75, 3.05) is 0 Å². The predicted molar refractivity (Wildman–Crippen MR) is 121 cm³/mol. The van der Waals surface area contributed by atoms with Crippen LogP contribution in [0.15, 0.2) is 59.8 Å². The fraction of sp³-hybridized carbons (Fsp3) is 0.292. The summed E-state index contributed by atoms with van der Waals surface area (Å²) in [5.41, 5.74) is 0.738. The van der Waals surface area contributed by atoms with Crippen molar-refractivity contribution in [1.82, 2.24) is 19.6 Å². The van der Waals surface area contributed by atoms with E-state index in [9.17, 15) is 31.0 Å². The van der Waals surface area contributed by atoms with E-state index in [0.717, 1.165) is 18.5 Å². The minimum absolute atomic E-state index is 0.109. The van der Waals surface area contributed by atoms with Gasteiger partial charge < -0.3 is 5.32 Å². The molecule has 12 heteroatoms. The summed E-state index contributed by atoms with van der Waals surface area (Å²) < 4.78 is 80.4. The molecular weight excluding hydrogens is 503 g/mol. The largest absolute Gasteiger partial charge is 0.451 e. The topological polar surface area (TPSA) is 75.2 Å². The molecule has 190 valence electrons. The number of aromatic nitrogens is 2. The van der Waals surface area contributed by atoms with Crippen molar-refractivity contribution in [1.29, 1.82) is 0 Å². The van der Waals surface area contributed by atoms with E-state index < -0.39 is 46.6 Å². The van der Waals surface area contributed by atoms with Gasteiger partial charge in [0.25, 0.3) is 0 Å². The normalized spacial score (nSPS) is 19.3. The summed E-state index contributed by atoms with van der Waals surface area (Å²) in [6.07, 6.45) is -1.64. The lowest BCUT2D eigenvalue weighted by molar-refractivity contribution is -0.145. The SMILES string of the molecule is C[C@H]1CCC(C(=O)NCc2cc(-c3cnc(C(F)(F)F)nc3)ccc2F)N1S(=O)c1ccc(F)cc1. The molecule has 2 heterocycles. The Morgan fingerprint density at radius 1 is 1.06 bits per heavy atom. The van der Waals surface area contributed by atoms with Crippen LogP contribution >= 0.6 is 0 Å². The number of hydrogen-bond acceptors (Lipinski definition) is 4. The zero-order valence-electron chi connectivity index (χ0n) is 18.9. The molecule has 1 aliphatic rings. The number of carbonyl (C=O) groups is 1. The maximum Gasteiger partial charge on any atom is 0.451 e. The van der Waals surface area contributed by atoms with Gasteiger partial charge in [-0.05, 0) is 61.7 Å². The number of nitrogens with zero attached hydrogens (tertiary/aromatic N) is 3. The number of hydrogen-bond donors (Lipinski definition) is 1. The number of alkyl halides is 3. The van der Waals surface area contributed by atoms with E-state index in [1.165, 1.54) is 36.4 Å². The van der Waals surface area contributed by atoms with E-state index in [-0.39, 0.29) is 23.7 Å². The zero-order valence-corrected chi connectivity index (χ0v) is 19.7. The standard InChI is InChI=1S/C24H21F5N4O2S/c1-14-2-9-21(33(14)36(35)19-6-4-18(25)5-7-19)22(34)30-11-16-10-15(3-8-20(16)26)17-12-31-23(32-13-17)24(27,28)29/h3-8,10,12-14,21H,2,9,11H2,1H3,(H,30,34)/t14-,21?,36?/m0/s1. The number of rotatable bonds is 6. The van der Waals surface area contributed by atoms with Crippen molar-refractivity contribution < 1.29 is 31.0 Å². The van der Waals surface area contributed by atoms with Crippen LogP contribution in [0.2, 0.25) is 0 Å². The maximum absolute atomic E-state index is 14.4. The van der Waals surface area contributed by atoms with E-state index in [2.05, 4.69) is 15.3 Å². The van der Waals surface area contributed by atoms with E-state index in [0.29, 0.717) is 23.3 Å². The van der Waals surface area contributed by atoms with Crippen molar-refractivity contribution in [3.05, 3.63) is 77.9 Å². The van der Waals surface area contributed by atoms with Gasteiger partial charge in [0.1, 0.15) is 28.7 Å². The van der Waals surface area contributed by atoms with Crippen LogP contribution in [0, 0.1) is 11.6 Å². The monoisotopic (exact) mass is 524 g/mol. The van der Waals surface area contributed by atoms with Crippen molar-refractivity contribution >= 4 is 16.9 Å². The lowest BCUT2D eigenvalue weighted by Crippen LogP contribution is -2.46. The first kappa shape index (κ1) is 25.8. The average molecular weight is 525 g/mol. The zero-order chi connectivity index (χ0) is 26.0. The molecule has 1 aliphatic heterocycles. The summed E-state index contributed by atoms with van der Waals surface area (Å²) in [6.45, 7) is 1.64. The van der Waals surface area contributed by atoms with Crippen molar-refractivity contribution in [3.63, 3.8) is 0 Å². The number of nitrogens with one attached hydrogen (secondary N) is 1. The Morgan fingerprint density at radius 2 is 1.72 bits per heavy atom. The summed E-state index contributed by atoms with van der Waals surface area (Å²) in [5.74, 6) is -2.81. The molecule has 3 aromatic rings. The van der Waals surface area contributed by atoms with Crippen LogP contribution in [0.4, 0.5) is 22.0 Å². The number of halogens is 5. The smallest absolute Gasteiger partial charge is 0.351 e. The van der Waals surface area contributed by atoms with Gasteiger partial charge in [-0.2, -0.15) is 13.2 Å². The highest BCUT2D eigenvalue weighted by Gasteiger charge is 2.39. The van der Waals surface area contributed by atoms with Gasteiger partial charge in [0.15, 0.2) is 0 Å². The number of benzene rings is 2. The molecule has 1 saturated heterocycles. The molecule has 1 aromatic heterocycles. The second kappa shape index (κ2) is 10.4. The fourth-order valence-electron chi connectivity index (χ4n) is 3.97. The van der Waals surface area contributed by atoms with Crippen LogP contribution in [0.1, 0.15) is 31.2 Å². The van der Waals surface area contributed by atoms with Crippen molar-refractivity contribution in [2.45, 2.75) is 49.5 Å². The highest BCUT2D eigenvalue weighted by atomic mass is 32.2. The lowest BCUT2D eigenvalue weighted by Gasteiger charge is -2.26. The van der Waals surface area contributed by atoms with Crippen LogP contribution < -0.4 is 5.32 Å². The first-order chi connectivity index (χ1) is 17.0. The van der Waals surface area contributed by atoms with Gasteiger partial charge in [-0.3, -0.25) is 4.79 Å². The number of amides is 1. The third-order valence-electron chi connectivity index (χ3n) is 5.85. The summed E-state index contributed by atoms with van der Waals surface area (Å²) in [6, 6.07) is 8.19. The van der Waals surface area contributed by atoms with E-state index in [1.54, 1.807) is 4.31 Å². The highest BCUT2D eigenvalue weighted by Crippen LogP contribution is 2.30. The van der Waals surface area contributed by atoms with Gasteiger partial charge in [0.2, 0.25) is 11.7 Å². The number of carbonyl (C=O) groups excluding carboxylic acids is 1. The second-order valence-corrected chi connectivity index (χ2v) is 9.71. The van der Waals surface area contributed by atoms with Crippen molar-refractivity contribution in [2.24, 2.45) is 0 Å². The van der Waals surface area contributed by atoms with Crippen LogP contribution in [0.25, 0.3) is 11.1 Å². The first-order valence-electron chi connectivity index (χ1n) is 11.0. The molecule has 1 N–H and O–H groups in total. The molecule has 1 fully saturated rings. The molecule has 6 nitrogen and oxygen atoms in total. The molecular formula is C24H21F5N4O2S. The molecule has 0 aliphatic carbocycles. The maximum atomic E-state index is 14.4. The third kappa shape index (κ3) is 5.59. The summed E-state index contributed by atoms with van der Waals surface area (Å²) in [7, 11) is -1.70. The molecule has 2 aromatic carbocycles. The molecule has 36 heavy (non-hydrogen) atoms. The Balaban J connectivity index is 1.47. The third-order valence-corrected chi connectivity index (χ3v) is 7.52. The van der Waals surface area contributed by atoms with Gasteiger partial charge >= 0.3 is 6.18 Å². The van der Waals surface area contributed by atoms with Gasteiger partial charge in [-0.15, -0.1) is 0 Å². The fourth-order valence-corrected chi connectivity index (χ4v) is 5.45. The molecule has 2 unspecified atom stereocenters. The molecule has 0 saturated carbocycles. The summed E-state index contributed by atoms with van der Waals surface area (Å²) >= 11 is 0. The predicted octanol–water partition coefficient (Wildman–Crippen LogP) is 4.63. The Labute approximate surface area is 206 Å². The van der Waals surface area contributed by atoms with Gasteiger partial charge in [0.05, 0.1) is 4.90 Å². The molecule has 3 atom stereocenters. The second-order valence-electron chi connectivity index (χ2n) is 8.32. The molecule has 0 radical (unpaired) electrons. The van der Waals surface area contributed by atoms with Crippen LogP contribution in [0.3, 0.4) is 0 Å². The molecule has 4 rings (SSSR count). The van der Waals surface area contributed by atoms with Gasteiger partial charge in [-0.25, -0.2) is 27.3 Å².